The summed E-state index contributed by atoms with van der Waals surface area (Å²) in [4.78, 5) is 26.6. The van der Waals surface area contributed by atoms with Crippen molar-refractivity contribution in [1.82, 2.24) is 5.32 Å². The van der Waals surface area contributed by atoms with Crippen molar-refractivity contribution >= 4 is 40.5 Å². The van der Waals surface area contributed by atoms with Gasteiger partial charge in [-0.3, -0.25) is 9.59 Å². The Bertz CT molecular complexity index is 1070. The van der Waals surface area contributed by atoms with Gasteiger partial charge in [0.2, 0.25) is 5.91 Å². The number of para-hydroxylation sites is 1. The third-order valence-corrected chi connectivity index (χ3v) is 4.80. The number of thiocarbonyl (C=S) groups is 1. The van der Waals surface area contributed by atoms with Crippen molar-refractivity contribution in [2.75, 3.05) is 24.4 Å². The minimum absolute atomic E-state index is 0.149. The highest BCUT2D eigenvalue weighted by atomic mass is 32.1. The van der Waals surface area contributed by atoms with E-state index < -0.39 is 0 Å². The van der Waals surface area contributed by atoms with E-state index in [9.17, 15) is 9.59 Å². The molecular formula is C24H23N3O3S. The third kappa shape index (κ3) is 6.13. The molecule has 158 valence electrons. The molecule has 0 saturated heterocycles. The first-order valence-corrected chi connectivity index (χ1v) is 10.0. The maximum absolute atomic E-state index is 12.8. The molecule has 0 bridgehead atoms. The van der Waals surface area contributed by atoms with E-state index in [1.807, 2.05) is 42.5 Å². The fourth-order valence-electron chi connectivity index (χ4n) is 2.95. The van der Waals surface area contributed by atoms with Crippen molar-refractivity contribution in [2.45, 2.75) is 6.42 Å². The number of anilines is 2. The number of amides is 2. The van der Waals surface area contributed by atoms with E-state index in [0.29, 0.717) is 11.3 Å². The predicted octanol–water partition coefficient (Wildman–Crippen LogP) is 4.03. The molecule has 0 saturated carbocycles. The van der Waals surface area contributed by atoms with Gasteiger partial charge in [-0.15, -0.1) is 0 Å². The second-order valence-corrected chi connectivity index (χ2v) is 7.22. The lowest BCUT2D eigenvalue weighted by molar-refractivity contribution is -0.119. The lowest BCUT2D eigenvalue weighted by Crippen LogP contribution is -2.35. The largest absolute Gasteiger partial charge is 0.497 e. The van der Waals surface area contributed by atoms with E-state index in [1.165, 1.54) is 0 Å². The third-order valence-electron chi connectivity index (χ3n) is 4.59. The Kier molecular flexibility index (Phi) is 7.35. The summed E-state index contributed by atoms with van der Waals surface area (Å²) in [6.45, 7) is 0. The van der Waals surface area contributed by atoms with Crippen molar-refractivity contribution in [2.24, 2.45) is 0 Å². The van der Waals surface area contributed by atoms with E-state index >= 15 is 0 Å². The van der Waals surface area contributed by atoms with Crippen LogP contribution in [0.3, 0.4) is 0 Å². The Morgan fingerprint density at radius 3 is 2.35 bits per heavy atom. The van der Waals surface area contributed by atoms with Crippen LogP contribution < -0.4 is 20.3 Å². The van der Waals surface area contributed by atoms with Crippen molar-refractivity contribution in [3.8, 4) is 5.75 Å². The average Bonchev–Trinajstić information content (AvgIpc) is 2.79. The van der Waals surface area contributed by atoms with Gasteiger partial charge in [-0.1, -0.05) is 36.4 Å². The number of carbonyl (C=O) groups excluding carboxylic acids is 2. The van der Waals surface area contributed by atoms with Crippen LogP contribution in [0.25, 0.3) is 0 Å². The summed E-state index contributed by atoms with van der Waals surface area (Å²) in [5.41, 5.74) is 2.76. The number of hydrogen-bond donors (Lipinski definition) is 2. The van der Waals surface area contributed by atoms with Crippen molar-refractivity contribution < 1.29 is 14.3 Å². The Morgan fingerprint density at radius 1 is 0.968 bits per heavy atom. The zero-order chi connectivity index (χ0) is 22.2. The van der Waals surface area contributed by atoms with E-state index in [1.54, 1.807) is 55.5 Å². The number of benzene rings is 3. The molecule has 7 heteroatoms. The summed E-state index contributed by atoms with van der Waals surface area (Å²) in [5.74, 6) is 0.344. The van der Waals surface area contributed by atoms with Crippen molar-refractivity contribution in [3.63, 3.8) is 0 Å². The van der Waals surface area contributed by atoms with Crippen LogP contribution in [-0.2, 0) is 11.2 Å². The number of rotatable bonds is 6. The lowest BCUT2D eigenvalue weighted by Gasteiger charge is -2.18. The molecule has 3 aromatic rings. The van der Waals surface area contributed by atoms with Crippen LogP contribution in [0.15, 0.2) is 78.9 Å². The molecule has 6 nitrogen and oxygen atoms in total. The van der Waals surface area contributed by atoms with Gasteiger partial charge < -0.3 is 20.3 Å². The SMILES string of the molecule is COc1ccc(CC(=O)NC(=S)Nc2cccc(C(=O)N(C)c3ccccc3)c2)cc1. The highest BCUT2D eigenvalue weighted by Gasteiger charge is 2.14. The molecule has 3 rings (SSSR count). The molecule has 0 spiro atoms. The number of ether oxygens (including phenoxy) is 1. The number of nitrogens with zero attached hydrogens (tertiary/aromatic N) is 1. The quantitative estimate of drug-likeness (QED) is 0.575. The zero-order valence-electron chi connectivity index (χ0n) is 17.3. The fourth-order valence-corrected chi connectivity index (χ4v) is 3.19. The molecule has 0 aliphatic carbocycles. The second-order valence-electron chi connectivity index (χ2n) is 6.81. The summed E-state index contributed by atoms with van der Waals surface area (Å²) < 4.78 is 5.11. The van der Waals surface area contributed by atoms with Crippen LogP contribution in [-0.4, -0.2) is 31.1 Å². The van der Waals surface area contributed by atoms with Crippen LogP contribution in [0, 0.1) is 0 Å². The molecule has 0 heterocycles. The smallest absolute Gasteiger partial charge is 0.258 e. The van der Waals surface area contributed by atoms with Gasteiger partial charge in [0.05, 0.1) is 13.5 Å². The summed E-state index contributed by atoms with van der Waals surface area (Å²) in [6, 6.07) is 23.6. The summed E-state index contributed by atoms with van der Waals surface area (Å²) in [6.07, 6.45) is 0.187. The Labute approximate surface area is 186 Å². The molecule has 0 aliphatic rings. The molecule has 0 aliphatic heterocycles. The average molecular weight is 434 g/mol. The molecular weight excluding hydrogens is 410 g/mol. The van der Waals surface area contributed by atoms with E-state index in [2.05, 4.69) is 10.6 Å². The van der Waals surface area contributed by atoms with Crippen molar-refractivity contribution in [3.05, 3.63) is 90.0 Å². The van der Waals surface area contributed by atoms with Gasteiger partial charge in [-0.05, 0) is 60.2 Å². The van der Waals surface area contributed by atoms with E-state index in [0.717, 1.165) is 17.0 Å². The minimum Gasteiger partial charge on any atom is -0.497 e. The monoisotopic (exact) mass is 433 g/mol. The first kappa shape index (κ1) is 22.0. The molecule has 0 radical (unpaired) electrons. The Balaban J connectivity index is 1.58. The van der Waals surface area contributed by atoms with Crippen LogP contribution in [0.4, 0.5) is 11.4 Å². The maximum Gasteiger partial charge on any atom is 0.258 e. The van der Waals surface area contributed by atoms with E-state index in [-0.39, 0.29) is 23.3 Å². The number of carbonyl (C=O) groups is 2. The summed E-state index contributed by atoms with van der Waals surface area (Å²) in [5, 5.41) is 5.78. The Hall–Kier alpha value is -3.71. The summed E-state index contributed by atoms with van der Waals surface area (Å²) in [7, 11) is 3.32. The van der Waals surface area contributed by atoms with Gasteiger partial charge in [-0.2, -0.15) is 0 Å². The van der Waals surface area contributed by atoms with Gasteiger partial charge in [0.1, 0.15) is 5.75 Å². The van der Waals surface area contributed by atoms with Crippen LogP contribution in [0.1, 0.15) is 15.9 Å². The first-order valence-electron chi connectivity index (χ1n) is 9.63. The van der Waals surface area contributed by atoms with Gasteiger partial charge >= 0.3 is 0 Å². The molecule has 31 heavy (non-hydrogen) atoms. The second kappa shape index (κ2) is 10.4. The van der Waals surface area contributed by atoms with Gasteiger partial charge in [0.25, 0.3) is 5.91 Å². The normalized spacial score (nSPS) is 10.1. The van der Waals surface area contributed by atoms with Crippen LogP contribution in [0.5, 0.6) is 5.75 Å². The van der Waals surface area contributed by atoms with Gasteiger partial charge in [-0.25, -0.2) is 0 Å². The van der Waals surface area contributed by atoms with Crippen molar-refractivity contribution in [1.29, 1.82) is 0 Å². The Morgan fingerprint density at radius 2 is 1.68 bits per heavy atom. The first-order chi connectivity index (χ1) is 15.0. The molecule has 2 amide bonds. The standard InChI is InChI=1S/C24H23N3O3S/c1-27(20-9-4-3-5-10-20)23(29)18-7-6-8-19(16-18)25-24(31)26-22(28)15-17-11-13-21(30-2)14-12-17/h3-14,16H,15H2,1-2H3,(H2,25,26,28,31). The highest BCUT2D eigenvalue weighted by Crippen LogP contribution is 2.17. The molecule has 0 aromatic heterocycles. The molecule has 0 atom stereocenters. The molecule has 3 aromatic carbocycles. The zero-order valence-corrected chi connectivity index (χ0v) is 18.1. The number of nitrogens with one attached hydrogen (secondary N) is 2. The summed E-state index contributed by atoms with van der Waals surface area (Å²) >= 11 is 5.25. The van der Waals surface area contributed by atoms with Gasteiger partial charge in [0.15, 0.2) is 5.11 Å². The van der Waals surface area contributed by atoms with E-state index in [4.69, 9.17) is 17.0 Å². The fraction of sp³-hybridized carbons (Fsp3) is 0.125. The van der Waals surface area contributed by atoms with Gasteiger partial charge in [0, 0.05) is 24.0 Å². The molecule has 0 fully saturated rings. The predicted molar refractivity (Wildman–Crippen MR) is 127 cm³/mol. The topological polar surface area (TPSA) is 70.7 Å². The molecule has 0 unspecified atom stereocenters. The highest BCUT2D eigenvalue weighted by molar-refractivity contribution is 7.80. The number of methoxy groups -OCH3 is 1. The van der Waals surface area contributed by atoms with Crippen LogP contribution in [0.2, 0.25) is 0 Å². The lowest BCUT2D eigenvalue weighted by atomic mass is 10.1. The molecule has 2 N–H and O–H groups in total. The maximum atomic E-state index is 12.8. The van der Waals surface area contributed by atoms with Crippen LogP contribution >= 0.6 is 12.2 Å². The number of hydrogen-bond acceptors (Lipinski definition) is 4. The minimum atomic E-state index is -0.237.